The first-order valence-corrected chi connectivity index (χ1v) is 6.52. The summed E-state index contributed by atoms with van der Waals surface area (Å²) in [5.74, 6) is 1.07. The lowest BCUT2D eigenvalue weighted by molar-refractivity contribution is 0.0606. The fourth-order valence-electron chi connectivity index (χ4n) is 2.79. The minimum atomic E-state index is -0.0457. The Kier molecular flexibility index (Phi) is 2.71. The van der Waals surface area contributed by atoms with Gasteiger partial charge in [-0.2, -0.15) is 0 Å². The van der Waals surface area contributed by atoms with Crippen LogP contribution < -0.4 is 15.4 Å². The van der Waals surface area contributed by atoms with Gasteiger partial charge in [-0.25, -0.2) is 0 Å². The maximum absolute atomic E-state index is 6.28. The standard InChI is InChI=1S/C14H20N2O/c1-14(7-3-8-15-10-14)17-13-5-2-4-12-11(13)6-9-16-12/h2,4-5,15-16H,3,6-10H2,1H3. The lowest BCUT2D eigenvalue weighted by Gasteiger charge is -2.35. The van der Waals surface area contributed by atoms with Gasteiger partial charge in [-0.3, -0.25) is 0 Å². The minimum absolute atomic E-state index is 0.0457. The molecule has 1 aromatic carbocycles. The van der Waals surface area contributed by atoms with Crippen LogP contribution in [0.4, 0.5) is 5.69 Å². The van der Waals surface area contributed by atoms with Crippen molar-refractivity contribution in [3.63, 3.8) is 0 Å². The summed E-state index contributed by atoms with van der Waals surface area (Å²) in [5.41, 5.74) is 2.55. The number of hydrogen-bond donors (Lipinski definition) is 2. The molecular weight excluding hydrogens is 212 g/mol. The van der Waals surface area contributed by atoms with Crippen molar-refractivity contribution < 1.29 is 4.74 Å². The molecule has 0 bridgehead atoms. The minimum Gasteiger partial charge on any atom is -0.486 e. The molecule has 0 radical (unpaired) electrons. The molecule has 92 valence electrons. The summed E-state index contributed by atoms with van der Waals surface area (Å²) in [4.78, 5) is 0. The summed E-state index contributed by atoms with van der Waals surface area (Å²) in [6.45, 7) is 5.31. The van der Waals surface area contributed by atoms with Gasteiger partial charge in [0.15, 0.2) is 0 Å². The Morgan fingerprint density at radius 1 is 1.29 bits per heavy atom. The van der Waals surface area contributed by atoms with Crippen LogP contribution in [-0.2, 0) is 6.42 Å². The molecule has 3 heteroatoms. The van der Waals surface area contributed by atoms with E-state index in [9.17, 15) is 0 Å². The van der Waals surface area contributed by atoms with Crippen molar-refractivity contribution in [3.8, 4) is 5.75 Å². The Bertz CT molecular complexity index is 411. The summed E-state index contributed by atoms with van der Waals surface area (Å²) >= 11 is 0. The van der Waals surface area contributed by atoms with Crippen molar-refractivity contribution in [2.75, 3.05) is 25.0 Å². The van der Waals surface area contributed by atoms with Crippen molar-refractivity contribution in [1.29, 1.82) is 0 Å². The van der Waals surface area contributed by atoms with E-state index in [0.29, 0.717) is 0 Å². The van der Waals surface area contributed by atoms with E-state index in [4.69, 9.17) is 4.74 Å². The van der Waals surface area contributed by atoms with Crippen LogP contribution in [-0.4, -0.2) is 25.2 Å². The van der Waals surface area contributed by atoms with Gasteiger partial charge in [0.05, 0.1) is 0 Å². The van der Waals surface area contributed by atoms with Crippen LogP contribution in [0.25, 0.3) is 0 Å². The smallest absolute Gasteiger partial charge is 0.125 e. The van der Waals surface area contributed by atoms with Crippen molar-refractivity contribution in [2.45, 2.75) is 31.8 Å². The largest absolute Gasteiger partial charge is 0.486 e. The van der Waals surface area contributed by atoms with Crippen molar-refractivity contribution in [1.82, 2.24) is 5.32 Å². The van der Waals surface area contributed by atoms with Crippen molar-refractivity contribution in [3.05, 3.63) is 23.8 Å². The lowest BCUT2D eigenvalue weighted by atomic mass is 9.96. The van der Waals surface area contributed by atoms with E-state index in [1.54, 1.807) is 0 Å². The van der Waals surface area contributed by atoms with Gasteiger partial charge in [0.1, 0.15) is 11.4 Å². The summed E-state index contributed by atoms with van der Waals surface area (Å²) in [5, 5.41) is 6.82. The molecular formula is C14H20N2O. The molecule has 1 aromatic rings. The maximum atomic E-state index is 6.28. The molecule has 3 nitrogen and oxygen atoms in total. The third kappa shape index (κ3) is 2.12. The Balaban J connectivity index is 1.83. The number of rotatable bonds is 2. The normalized spacial score (nSPS) is 27.4. The molecule has 0 aliphatic carbocycles. The van der Waals surface area contributed by atoms with Gasteiger partial charge in [-0.15, -0.1) is 0 Å². The predicted molar refractivity (Wildman–Crippen MR) is 69.8 cm³/mol. The summed E-state index contributed by atoms with van der Waals surface area (Å²) in [6, 6.07) is 6.31. The topological polar surface area (TPSA) is 33.3 Å². The van der Waals surface area contributed by atoms with Gasteiger partial charge < -0.3 is 15.4 Å². The molecule has 2 aliphatic rings. The number of piperidine rings is 1. The van der Waals surface area contributed by atoms with Crippen LogP contribution in [0.2, 0.25) is 0 Å². The third-order valence-electron chi connectivity index (χ3n) is 3.74. The van der Waals surface area contributed by atoms with E-state index in [0.717, 1.165) is 38.2 Å². The van der Waals surface area contributed by atoms with Crippen LogP contribution in [0.3, 0.4) is 0 Å². The monoisotopic (exact) mass is 232 g/mol. The molecule has 0 amide bonds. The van der Waals surface area contributed by atoms with Gasteiger partial charge >= 0.3 is 0 Å². The van der Waals surface area contributed by atoms with Crippen LogP contribution in [0.5, 0.6) is 5.75 Å². The SMILES string of the molecule is CC1(Oc2cccc3c2CCN3)CCCNC1. The second-order valence-electron chi connectivity index (χ2n) is 5.29. The number of hydrogen-bond acceptors (Lipinski definition) is 3. The molecule has 1 unspecified atom stereocenters. The Labute approximate surface area is 103 Å². The molecule has 3 rings (SSSR count). The van der Waals surface area contributed by atoms with Crippen LogP contribution in [0.1, 0.15) is 25.3 Å². The van der Waals surface area contributed by atoms with Gasteiger partial charge in [-0.05, 0) is 44.9 Å². The molecule has 0 saturated carbocycles. The fourth-order valence-corrected chi connectivity index (χ4v) is 2.79. The number of nitrogens with one attached hydrogen (secondary N) is 2. The quantitative estimate of drug-likeness (QED) is 0.820. The highest BCUT2D eigenvalue weighted by molar-refractivity contribution is 5.61. The average molecular weight is 232 g/mol. The Morgan fingerprint density at radius 3 is 3.06 bits per heavy atom. The Morgan fingerprint density at radius 2 is 2.24 bits per heavy atom. The van der Waals surface area contributed by atoms with Crippen LogP contribution in [0.15, 0.2) is 18.2 Å². The van der Waals surface area contributed by atoms with Gasteiger partial charge in [0.25, 0.3) is 0 Å². The Hall–Kier alpha value is -1.22. The number of fused-ring (bicyclic) bond motifs is 1. The lowest BCUT2D eigenvalue weighted by Crippen LogP contribution is -2.47. The van der Waals surface area contributed by atoms with E-state index in [-0.39, 0.29) is 5.60 Å². The first-order valence-electron chi connectivity index (χ1n) is 6.52. The number of anilines is 1. The second-order valence-corrected chi connectivity index (χ2v) is 5.29. The molecule has 2 N–H and O–H groups in total. The predicted octanol–water partition coefficient (Wildman–Crippen LogP) is 2.18. The molecule has 1 fully saturated rings. The third-order valence-corrected chi connectivity index (χ3v) is 3.74. The molecule has 1 saturated heterocycles. The number of ether oxygens (including phenoxy) is 1. The molecule has 2 aliphatic heterocycles. The first-order chi connectivity index (χ1) is 8.27. The molecule has 0 aromatic heterocycles. The van der Waals surface area contributed by atoms with Gasteiger partial charge in [-0.1, -0.05) is 6.07 Å². The zero-order valence-electron chi connectivity index (χ0n) is 10.4. The summed E-state index contributed by atoms with van der Waals surface area (Å²) in [7, 11) is 0. The van der Waals surface area contributed by atoms with E-state index < -0.39 is 0 Å². The average Bonchev–Trinajstić information content (AvgIpc) is 2.79. The molecule has 17 heavy (non-hydrogen) atoms. The molecule has 2 heterocycles. The highest BCUT2D eigenvalue weighted by atomic mass is 16.5. The zero-order chi connectivity index (χ0) is 11.7. The summed E-state index contributed by atoms with van der Waals surface area (Å²) in [6.07, 6.45) is 3.41. The van der Waals surface area contributed by atoms with Gasteiger partial charge in [0.2, 0.25) is 0 Å². The van der Waals surface area contributed by atoms with E-state index in [2.05, 4.69) is 35.8 Å². The number of benzene rings is 1. The highest BCUT2D eigenvalue weighted by Crippen LogP contribution is 2.34. The van der Waals surface area contributed by atoms with Crippen LogP contribution in [0, 0.1) is 0 Å². The van der Waals surface area contributed by atoms with E-state index >= 15 is 0 Å². The molecule has 0 spiro atoms. The zero-order valence-corrected chi connectivity index (χ0v) is 10.4. The molecule has 1 atom stereocenters. The first kappa shape index (κ1) is 10.9. The van der Waals surface area contributed by atoms with E-state index in [1.807, 2.05) is 0 Å². The summed E-state index contributed by atoms with van der Waals surface area (Å²) < 4.78 is 6.28. The van der Waals surface area contributed by atoms with E-state index in [1.165, 1.54) is 17.7 Å². The fraction of sp³-hybridized carbons (Fsp3) is 0.571. The second kappa shape index (κ2) is 4.22. The van der Waals surface area contributed by atoms with Crippen molar-refractivity contribution in [2.24, 2.45) is 0 Å². The van der Waals surface area contributed by atoms with Crippen LogP contribution >= 0.6 is 0 Å². The van der Waals surface area contributed by atoms with Gasteiger partial charge in [0, 0.05) is 24.3 Å². The maximum Gasteiger partial charge on any atom is 0.125 e. The highest BCUT2D eigenvalue weighted by Gasteiger charge is 2.30. The van der Waals surface area contributed by atoms with Crippen molar-refractivity contribution >= 4 is 5.69 Å².